The molecule has 0 aliphatic carbocycles. The van der Waals surface area contributed by atoms with Gasteiger partial charge in [-0.05, 0) is 59.7 Å². The summed E-state index contributed by atoms with van der Waals surface area (Å²) in [6.07, 6.45) is 2.34. The van der Waals surface area contributed by atoms with E-state index in [4.69, 9.17) is 10.2 Å². The number of phenols is 2. The van der Waals surface area contributed by atoms with E-state index in [0.717, 1.165) is 0 Å². The van der Waals surface area contributed by atoms with Crippen LogP contribution in [0.5, 0.6) is 11.5 Å². The third kappa shape index (κ3) is 6.53. The highest BCUT2D eigenvalue weighted by molar-refractivity contribution is 5.97. The first kappa shape index (κ1) is 17.7. The lowest BCUT2D eigenvalue weighted by molar-refractivity contribution is -0.129. The Bertz CT molecular complexity index is 716. The summed E-state index contributed by atoms with van der Waals surface area (Å²) in [4.78, 5) is 23.1. The van der Waals surface area contributed by atoms with Crippen molar-refractivity contribution in [3.63, 3.8) is 0 Å². The molecule has 0 spiro atoms. The molecular weight excluding hydrogens is 324 g/mol. The van der Waals surface area contributed by atoms with Gasteiger partial charge < -0.3 is 10.2 Å². The van der Waals surface area contributed by atoms with Gasteiger partial charge in [-0.1, -0.05) is 0 Å². The number of carbonyl (C=O) groups excluding carboxylic acids is 2. The number of phenolic OH excluding ortho intramolecular Hbond substituents is 2. The van der Waals surface area contributed by atoms with Crippen molar-refractivity contribution in [2.75, 3.05) is 0 Å². The number of hydrogen-bond acceptors (Lipinski definition) is 6. The van der Waals surface area contributed by atoms with Gasteiger partial charge in [0.25, 0.3) is 0 Å². The predicted octanol–water partition coefficient (Wildman–Crippen LogP) is 1.09. The van der Waals surface area contributed by atoms with E-state index < -0.39 is 18.2 Å². The lowest BCUT2D eigenvalue weighted by Crippen LogP contribution is -2.27. The number of hydrogen-bond donors (Lipinski definition) is 4. The van der Waals surface area contributed by atoms with E-state index >= 15 is 0 Å². The fourth-order valence-electron chi connectivity index (χ4n) is 1.70. The summed E-state index contributed by atoms with van der Waals surface area (Å²) in [7, 11) is 0. The van der Waals surface area contributed by atoms with Gasteiger partial charge in [-0.2, -0.15) is 10.2 Å². The number of amides is 2. The van der Waals surface area contributed by atoms with Crippen molar-refractivity contribution in [1.29, 1.82) is 0 Å². The minimum Gasteiger partial charge on any atom is -0.508 e. The van der Waals surface area contributed by atoms with Crippen LogP contribution in [-0.4, -0.2) is 34.5 Å². The van der Waals surface area contributed by atoms with E-state index in [1.165, 1.54) is 36.7 Å². The molecule has 4 N–H and O–H groups in total. The topological polar surface area (TPSA) is 123 Å². The van der Waals surface area contributed by atoms with Gasteiger partial charge in [-0.15, -0.1) is 0 Å². The largest absolute Gasteiger partial charge is 0.508 e. The highest BCUT2D eigenvalue weighted by atomic mass is 16.3. The highest BCUT2D eigenvalue weighted by Crippen LogP contribution is 2.08. The fourth-order valence-corrected chi connectivity index (χ4v) is 1.70. The number of aromatic hydroxyl groups is 2. The third-order valence-electron chi connectivity index (χ3n) is 2.91. The maximum absolute atomic E-state index is 11.6. The van der Waals surface area contributed by atoms with E-state index in [1.807, 2.05) is 0 Å². The lowest BCUT2D eigenvalue weighted by atomic mass is 10.2. The Morgan fingerprint density at radius 2 is 1.12 bits per heavy atom. The van der Waals surface area contributed by atoms with Crippen molar-refractivity contribution in [3.8, 4) is 11.5 Å². The quantitative estimate of drug-likeness (QED) is 0.357. The van der Waals surface area contributed by atoms with Crippen molar-refractivity contribution in [1.82, 2.24) is 10.9 Å². The monoisotopic (exact) mass is 340 g/mol. The average molecular weight is 340 g/mol. The van der Waals surface area contributed by atoms with Crippen LogP contribution in [0, 0.1) is 0 Å². The standard InChI is InChI=1S/C17H16N4O4/c22-14-5-1-12(2-6-14)10-18-20-16(24)9-17(25)21-19-11-13-3-7-15(23)8-4-13/h1-8,10-11,22-23H,9H2,(H,20,24)(H,21,25)/b18-10-,19-11-. The number of hydrazone groups is 2. The number of carbonyl (C=O) groups is 2. The first-order chi connectivity index (χ1) is 12.0. The summed E-state index contributed by atoms with van der Waals surface area (Å²) in [5.41, 5.74) is 5.80. The summed E-state index contributed by atoms with van der Waals surface area (Å²) in [5.74, 6) is -0.920. The van der Waals surface area contributed by atoms with E-state index in [1.54, 1.807) is 24.3 Å². The maximum Gasteiger partial charge on any atom is 0.249 e. The molecule has 0 bridgehead atoms. The van der Waals surface area contributed by atoms with Crippen molar-refractivity contribution in [3.05, 3.63) is 59.7 Å². The van der Waals surface area contributed by atoms with Crippen LogP contribution in [0.2, 0.25) is 0 Å². The molecule has 128 valence electrons. The molecule has 25 heavy (non-hydrogen) atoms. The Balaban J connectivity index is 1.73. The molecule has 0 radical (unpaired) electrons. The van der Waals surface area contributed by atoms with Gasteiger partial charge in [-0.3, -0.25) is 9.59 Å². The minimum atomic E-state index is -0.590. The summed E-state index contributed by atoms with van der Waals surface area (Å²) < 4.78 is 0. The van der Waals surface area contributed by atoms with Crippen molar-refractivity contribution >= 4 is 24.2 Å². The van der Waals surface area contributed by atoms with Crippen LogP contribution < -0.4 is 10.9 Å². The second-order valence-corrected chi connectivity index (χ2v) is 4.95. The summed E-state index contributed by atoms with van der Waals surface area (Å²) in [6, 6.07) is 12.4. The Morgan fingerprint density at radius 3 is 1.48 bits per heavy atom. The molecule has 0 fully saturated rings. The summed E-state index contributed by atoms with van der Waals surface area (Å²) in [5, 5.41) is 25.7. The zero-order valence-electron chi connectivity index (χ0n) is 13.1. The summed E-state index contributed by atoms with van der Waals surface area (Å²) in [6.45, 7) is 0. The number of nitrogens with zero attached hydrogens (tertiary/aromatic N) is 2. The average Bonchev–Trinajstić information content (AvgIpc) is 2.58. The van der Waals surface area contributed by atoms with E-state index in [2.05, 4.69) is 21.1 Å². The van der Waals surface area contributed by atoms with E-state index in [9.17, 15) is 9.59 Å². The van der Waals surface area contributed by atoms with Crippen LogP contribution in [0.4, 0.5) is 0 Å². The molecule has 2 amide bonds. The summed E-state index contributed by atoms with van der Waals surface area (Å²) >= 11 is 0. The van der Waals surface area contributed by atoms with Gasteiger partial charge in [0.15, 0.2) is 0 Å². The zero-order chi connectivity index (χ0) is 18.1. The number of nitrogens with one attached hydrogen (secondary N) is 2. The van der Waals surface area contributed by atoms with Gasteiger partial charge in [0.05, 0.1) is 12.4 Å². The number of rotatable bonds is 6. The Kier molecular flexibility index (Phi) is 6.24. The smallest absolute Gasteiger partial charge is 0.249 e. The van der Waals surface area contributed by atoms with Crippen molar-refractivity contribution in [2.24, 2.45) is 10.2 Å². The molecule has 0 atom stereocenters. The molecule has 0 aromatic heterocycles. The molecule has 8 nitrogen and oxygen atoms in total. The SMILES string of the molecule is O=C(CC(=O)N/N=C\c1ccc(O)cc1)N/N=C\c1ccc(O)cc1. The first-order valence-corrected chi connectivity index (χ1v) is 7.25. The van der Waals surface area contributed by atoms with E-state index in [0.29, 0.717) is 11.1 Å². The second-order valence-electron chi connectivity index (χ2n) is 4.95. The first-order valence-electron chi connectivity index (χ1n) is 7.25. The molecule has 2 rings (SSSR count). The van der Waals surface area contributed by atoms with Crippen molar-refractivity contribution in [2.45, 2.75) is 6.42 Å². The van der Waals surface area contributed by atoms with Crippen molar-refractivity contribution < 1.29 is 19.8 Å². The molecule has 0 saturated carbocycles. The maximum atomic E-state index is 11.6. The Morgan fingerprint density at radius 1 is 0.760 bits per heavy atom. The van der Waals surface area contributed by atoms with Gasteiger partial charge >= 0.3 is 0 Å². The molecule has 0 unspecified atom stereocenters. The fraction of sp³-hybridized carbons (Fsp3) is 0.0588. The van der Waals surface area contributed by atoms with Gasteiger partial charge in [0.2, 0.25) is 11.8 Å². The van der Waals surface area contributed by atoms with Gasteiger partial charge in [-0.25, -0.2) is 10.9 Å². The van der Waals surface area contributed by atoms with Crippen LogP contribution in [0.3, 0.4) is 0 Å². The molecule has 0 saturated heterocycles. The molecule has 2 aromatic rings. The minimum absolute atomic E-state index is 0.130. The molecule has 0 heterocycles. The lowest BCUT2D eigenvalue weighted by Gasteiger charge is -1.99. The zero-order valence-corrected chi connectivity index (χ0v) is 13.1. The van der Waals surface area contributed by atoms with Crippen LogP contribution in [0.1, 0.15) is 17.5 Å². The molecule has 8 heteroatoms. The Labute approximate surface area is 143 Å². The van der Waals surface area contributed by atoms with E-state index in [-0.39, 0.29) is 11.5 Å². The van der Waals surface area contributed by atoms with Gasteiger partial charge in [0, 0.05) is 0 Å². The normalized spacial score (nSPS) is 10.9. The number of benzene rings is 2. The second kappa shape index (κ2) is 8.82. The van der Waals surface area contributed by atoms with Gasteiger partial charge in [0.1, 0.15) is 17.9 Å². The molecule has 0 aliphatic heterocycles. The molecule has 0 aliphatic rings. The van der Waals surface area contributed by atoms with Crippen LogP contribution in [0.25, 0.3) is 0 Å². The van der Waals surface area contributed by atoms with Crippen LogP contribution in [-0.2, 0) is 9.59 Å². The Hall–Kier alpha value is -3.68. The van der Waals surface area contributed by atoms with Crippen LogP contribution in [0.15, 0.2) is 58.7 Å². The van der Waals surface area contributed by atoms with Crippen LogP contribution >= 0.6 is 0 Å². The molecular formula is C17H16N4O4. The highest BCUT2D eigenvalue weighted by Gasteiger charge is 2.07. The predicted molar refractivity (Wildman–Crippen MR) is 92.3 cm³/mol. The third-order valence-corrected chi connectivity index (χ3v) is 2.91. The molecule has 2 aromatic carbocycles.